The van der Waals surface area contributed by atoms with Crippen molar-refractivity contribution in [3.63, 3.8) is 0 Å². The Kier molecular flexibility index (Phi) is 3.58. The molecule has 2 rings (SSSR count). The Morgan fingerprint density at radius 3 is 3.06 bits per heavy atom. The largest absolute Gasteiger partial charge is 0.478 e. The fourth-order valence-electron chi connectivity index (χ4n) is 2.12. The molecule has 1 fully saturated rings. The van der Waals surface area contributed by atoms with E-state index < -0.39 is 5.97 Å². The van der Waals surface area contributed by atoms with Gasteiger partial charge < -0.3 is 9.84 Å². The maximum absolute atomic E-state index is 11.1. The summed E-state index contributed by atoms with van der Waals surface area (Å²) in [7, 11) is 0. The molecular weight excluding hydrogens is 234 g/mol. The van der Waals surface area contributed by atoms with E-state index in [0.717, 1.165) is 13.1 Å². The number of morpholine rings is 1. The van der Waals surface area contributed by atoms with Crippen molar-refractivity contribution in [3.8, 4) is 0 Å². The number of aromatic carboxylic acids is 1. The fraction of sp³-hybridized carbons (Fsp3) is 0.583. The first kappa shape index (κ1) is 12.9. The Morgan fingerprint density at radius 2 is 2.39 bits per heavy atom. The quantitative estimate of drug-likeness (QED) is 0.855. The van der Waals surface area contributed by atoms with Gasteiger partial charge in [-0.25, -0.2) is 14.8 Å². The van der Waals surface area contributed by atoms with Crippen molar-refractivity contribution in [2.45, 2.75) is 26.0 Å². The molecule has 0 unspecified atom stereocenters. The standard InChI is InChI=1S/C12H17N3O3/c1-12(2)7-15(3-4-18-12)6-10-9(11(16)17)5-13-8-14-10/h5,8H,3-4,6-7H2,1-2H3,(H,16,17). The van der Waals surface area contributed by atoms with E-state index in [2.05, 4.69) is 14.9 Å². The lowest BCUT2D eigenvalue weighted by molar-refractivity contribution is -0.0885. The zero-order chi connectivity index (χ0) is 13.2. The van der Waals surface area contributed by atoms with Gasteiger partial charge in [0.15, 0.2) is 0 Å². The van der Waals surface area contributed by atoms with Gasteiger partial charge in [-0.1, -0.05) is 0 Å². The van der Waals surface area contributed by atoms with Gasteiger partial charge in [0.25, 0.3) is 0 Å². The maximum Gasteiger partial charge on any atom is 0.339 e. The van der Waals surface area contributed by atoms with Crippen molar-refractivity contribution < 1.29 is 14.6 Å². The second-order valence-corrected chi connectivity index (χ2v) is 5.01. The predicted molar refractivity (Wildman–Crippen MR) is 64.3 cm³/mol. The lowest BCUT2D eigenvalue weighted by Crippen LogP contribution is -2.47. The first-order valence-electron chi connectivity index (χ1n) is 5.86. The Hall–Kier alpha value is -1.53. The molecule has 0 aliphatic carbocycles. The van der Waals surface area contributed by atoms with Gasteiger partial charge in [-0.3, -0.25) is 4.90 Å². The summed E-state index contributed by atoms with van der Waals surface area (Å²) in [5.41, 5.74) is 0.520. The van der Waals surface area contributed by atoms with Gasteiger partial charge in [0, 0.05) is 25.8 Å². The molecule has 1 aliphatic heterocycles. The molecule has 0 spiro atoms. The van der Waals surface area contributed by atoms with Crippen LogP contribution in [0, 0.1) is 0 Å². The highest BCUT2D eigenvalue weighted by molar-refractivity contribution is 5.88. The smallest absolute Gasteiger partial charge is 0.339 e. The molecule has 1 aromatic heterocycles. The van der Waals surface area contributed by atoms with Crippen molar-refractivity contribution in [1.29, 1.82) is 0 Å². The number of hydrogen-bond donors (Lipinski definition) is 1. The van der Waals surface area contributed by atoms with E-state index >= 15 is 0 Å². The summed E-state index contributed by atoms with van der Waals surface area (Å²) in [6, 6.07) is 0. The number of carboxylic acids is 1. The van der Waals surface area contributed by atoms with Crippen molar-refractivity contribution in [2.24, 2.45) is 0 Å². The van der Waals surface area contributed by atoms with E-state index in [4.69, 9.17) is 9.84 Å². The summed E-state index contributed by atoms with van der Waals surface area (Å²) in [5.74, 6) is -0.988. The molecule has 18 heavy (non-hydrogen) atoms. The summed E-state index contributed by atoms with van der Waals surface area (Å²) in [5, 5.41) is 9.07. The van der Waals surface area contributed by atoms with Gasteiger partial charge in [0.1, 0.15) is 11.9 Å². The summed E-state index contributed by atoms with van der Waals surface area (Å²) < 4.78 is 5.62. The van der Waals surface area contributed by atoms with E-state index in [1.165, 1.54) is 12.5 Å². The molecule has 1 saturated heterocycles. The highest BCUT2D eigenvalue weighted by atomic mass is 16.5. The lowest BCUT2D eigenvalue weighted by atomic mass is 10.1. The molecule has 98 valence electrons. The van der Waals surface area contributed by atoms with Crippen LogP contribution in [0.5, 0.6) is 0 Å². The van der Waals surface area contributed by atoms with E-state index in [0.29, 0.717) is 18.8 Å². The topological polar surface area (TPSA) is 75.6 Å². The molecular formula is C12H17N3O3. The van der Waals surface area contributed by atoms with Gasteiger partial charge in [0.05, 0.1) is 17.9 Å². The summed E-state index contributed by atoms with van der Waals surface area (Å²) in [6.07, 6.45) is 2.73. The van der Waals surface area contributed by atoms with E-state index in [1.807, 2.05) is 13.8 Å². The lowest BCUT2D eigenvalue weighted by Gasteiger charge is -2.38. The van der Waals surface area contributed by atoms with Crippen LogP contribution in [0.15, 0.2) is 12.5 Å². The molecule has 0 radical (unpaired) electrons. The molecule has 1 N–H and O–H groups in total. The van der Waals surface area contributed by atoms with Crippen LogP contribution in [0.3, 0.4) is 0 Å². The fourth-order valence-corrected chi connectivity index (χ4v) is 2.12. The molecule has 0 amide bonds. The minimum atomic E-state index is -0.988. The number of carbonyl (C=O) groups is 1. The first-order chi connectivity index (χ1) is 8.48. The van der Waals surface area contributed by atoms with Gasteiger partial charge in [-0.05, 0) is 13.8 Å². The average Bonchev–Trinajstić information content (AvgIpc) is 2.28. The normalized spacial score (nSPS) is 19.7. The van der Waals surface area contributed by atoms with Gasteiger partial charge in [-0.2, -0.15) is 0 Å². The summed E-state index contributed by atoms with van der Waals surface area (Å²) >= 11 is 0. The second-order valence-electron chi connectivity index (χ2n) is 5.01. The van der Waals surface area contributed by atoms with E-state index in [1.54, 1.807) is 0 Å². The van der Waals surface area contributed by atoms with Crippen LogP contribution in [0.25, 0.3) is 0 Å². The minimum absolute atomic E-state index is 0.168. The third-order valence-corrected chi connectivity index (χ3v) is 2.90. The third kappa shape index (κ3) is 3.02. The molecule has 0 atom stereocenters. The van der Waals surface area contributed by atoms with Crippen LogP contribution in [-0.4, -0.2) is 51.2 Å². The Balaban J connectivity index is 2.12. The van der Waals surface area contributed by atoms with Crippen molar-refractivity contribution in [1.82, 2.24) is 14.9 Å². The number of ether oxygens (including phenoxy) is 1. The first-order valence-corrected chi connectivity index (χ1v) is 5.86. The number of aromatic nitrogens is 2. The molecule has 1 aromatic rings. The molecule has 2 heterocycles. The summed E-state index contributed by atoms with van der Waals surface area (Å²) in [6.45, 7) is 6.76. The second kappa shape index (κ2) is 4.99. The van der Waals surface area contributed by atoms with Crippen LogP contribution in [0.2, 0.25) is 0 Å². The minimum Gasteiger partial charge on any atom is -0.478 e. The highest BCUT2D eigenvalue weighted by Gasteiger charge is 2.28. The SMILES string of the molecule is CC1(C)CN(Cc2ncncc2C(=O)O)CCO1. The van der Waals surface area contributed by atoms with Crippen molar-refractivity contribution in [3.05, 3.63) is 23.8 Å². The molecule has 6 nitrogen and oxygen atoms in total. The maximum atomic E-state index is 11.1. The zero-order valence-electron chi connectivity index (χ0n) is 10.6. The third-order valence-electron chi connectivity index (χ3n) is 2.90. The molecule has 1 aliphatic rings. The molecule has 0 aromatic carbocycles. The zero-order valence-corrected chi connectivity index (χ0v) is 10.6. The number of carboxylic acid groups (broad SMARTS) is 1. The van der Waals surface area contributed by atoms with Gasteiger partial charge in [0.2, 0.25) is 0 Å². The monoisotopic (exact) mass is 251 g/mol. The van der Waals surface area contributed by atoms with E-state index in [9.17, 15) is 4.79 Å². The van der Waals surface area contributed by atoms with Crippen LogP contribution < -0.4 is 0 Å². The predicted octanol–water partition coefficient (Wildman–Crippen LogP) is 0.786. The van der Waals surface area contributed by atoms with Crippen LogP contribution in [-0.2, 0) is 11.3 Å². The Morgan fingerprint density at radius 1 is 1.61 bits per heavy atom. The van der Waals surface area contributed by atoms with Gasteiger partial charge in [-0.15, -0.1) is 0 Å². The average molecular weight is 251 g/mol. The van der Waals surface area contributed by atoms with Crippen LogP contribution >= 0.6 is 0 Å². The Bertz CT molecular complexity index is 448. The summed E-state index contributed by atoms with van der Waals surface area (Å²) in [4.78, 5) is 21.0. The highest BCUT2D eigenvalue weighted by Crippen LogP contribution is 2.18. The van der Waals surface area contributed by atoms with E-state index in [-0.39, 0.29) is 11.2 Å². The van der Waals surface area contributed by atoms with Gasteiger partial charge >= 0.3 is 5.97 Å². The van der Waals surface area contributed by atoms with Crippen LogP contribution in [0.1, 0.15) is 29.9 Å². The van der Waals surface area contributed by atoms with Crippen molar-refractivity contribution >= 4 is 5.97 Å². The Labute approximate surface area is 106 Å². The molecule has 0 saturated carbocycles. The molecule has 0 bridgehead atoms. The van der Waals surface area contributed by atoms with Crippen LogP contribution in [0.4, 0.5) is 0 Å². The number of hydrogen-bond acceptors (Lipinski definition) is 5. The number of rotatable bonds is 3. The number of nitrogens with zero attached hydrogens (tertiary/aromatic N) is 3. The molecule has 6 heteroatoms. The van der Waals surface area contributed by atoms with Crippen molar-refractivity contribution in [2.75, 3.05) is 19.7 Å².